The third-order valence-electron chi connectivity index (χ3n) is 2.40. The lowest BCUT2D eigenvalue weighted by Crippen LogP contribution is -2.43. The average Bonchev–Trinajstić information content (AvgIpc) is 2.46. The summed E-state index contributed by atoms with van der Waals surface area (Å²) < 4.78 is 9.45. The SMILES string of the molecule is COC(=O)[C@H](CO)NCC(=O)OCc1ccccc1. The van der Waals surface area contributed by atoms with Crippen LogP contribution in [-0.2, 0) is 25.7 Å². The number of esters is 2. The van der Waals surface area contributed by atoms with Gasteiger partial charge in [-0.15, -0.1) is 0 Å². The lowest BCUT2D eigenvalue weighted by atomic mass is 10.2. The Hall–Kier alpha value is -1.92. The monoisotopic (exact) mass is 267 g/mol. The Kier molecular flexibility index (Phi) is 6.56. The van der Waals surface area contributed by atoms with Crippen molar-refractivity contribution in [3.05, 3.63) is 35.9 Å². The molecule has 2 N–H and O–H groups in total. The second-order valence-electron chi connectivity index (χ2n) is 3.79. The summed E-state index contributed by atoms with van der Waals surface area (Å²) in [5.41, 5.74) is 0.877. The smallest absolute Gasteiger partial charge is 0.325 e. The van der Waals surface area contributed by atoms with Crippen LogP contribution in [-0.4, -0.2) is 43.3 Å². The predicted molar refractivity (Wildman–Crippen MR) is 67.1 cm³/mol. The molecular weight excluding hydrogens is 250 g/mol. The van der Waals surface area contributed by atoms with Crippen molar-refractivity contribution in [3.63, 3.8) is 0 Å². The van der Waals surface area contributed by atoms with Gasteiger partial charge in [0, 0.05) is 0 Å². The summed E-state index contributed by atoms with van der Waals surface area (Å²) in [6, 6.07) is 8.32. The first-order valence-corrected chi connectivity index (χ1v) is 5.79. The third-order valence-corrected chi connectivity index (χ3v) is 2.40. The fraction of sp³-hybridized carbons (Fsp3) is 0.385. The van der Waals surface area contributed by atoms with E-state index in [9.17, 15) is 9.59 Å². The van der Waals surface area contributed by atoms with Gasteiger partial charge in [0.15, 0.2) is 0 Å². The number of hydrogen-bond donors (Lipinski definition) is 2. The van der Waals surface area contributed by atoms with Crippen molar-refractivity contribution in [1.29, 1.82) is 0 Å². The van der Waals surface area contributed by atoms with Crippen LogP contribution in [0.5, 0.6) is 0 Å². The van der Waals surface area contributed by atoms with Crippen LogP contribution in [0.25, 0.3) is 0 Å². The maximum absolute atomic E-state index is 11.4. The Bertz CT molecular complexity index is 407. The van der Waals surface area contributed by atoms with Crippen LogP contribution in [0.4, 0.5) is 0 Å². The molecule has 6 heteroatoms. The molecule has 0 spiro atoms. The van der Waals surface area contributed by atoms with Gasteiger partial charge in [0.25, 0.3) is 0 Å². The van der Waals surface area contributed by atoms with Crippen LogP contribution < -0.4 is 5.32 Å². The van der Waals surface area contributed by atoms with E-state index in [1.807, 2.05) is 30.3 Å². The number of nitrogens with one attached hydrogen (secondary N) is 1. The molecule has 1 aromatic carbocycles. The second kappa shape index (κ2) is 8.23. The molecule has 0 unspecified atom stereocenters. The number of benzene rings is 1. The number of aliphatic hydroxyl groups excluding tert-OH is 1. The number of carbonyl (C=O) groups is 2. The Morgan fingerprint density at radius 2 is 2.00 bits per heavy atom. The van der Waals surface area contributed by atoms with E-state index in [0.29, 0.717) is 0 Å². The Morgan fingerprint density at radius 1 is 1.32 bits per heavy atom. The van der Waals surface area contributed by atoms with Crippen molar-refractivity contribution in [1.82, 2.24) is 5.32 Å². The Balaban J connectivity index is 2.29. The Labute approximate surface area is 111 Å². The molecular formula is C13H17NO5. The zero-order valence-electron chi connectivity index (χ0n) is 10.7. The van der Waals surface area contributed by atoms with Crippen LogP contribution in [0.15, 0.2) is 30.3 Å². The van der Waals surface area contributed by atoms with Gasteiger partial charge in [-0.1, -0.05) is 30.3 Å². The molecule has 1 rings (SSSR count). The average molecular weight is 267 g/mol. The van der Waals surface area contributed by atoms with Crippen LogP contribution in [0, 0.1) is 0 Å². The minimum atomic E-state index is -0.922. The number of hydrogen-bond acceptors (Lipinski definition) is 6. The molecule has 0 bridgehead atoms. The van der Waals surface area contributed by atoms with Gasteiger partial charge in [-0.3, -0.25) is 14.9 Å². The zero-order chi connectivity index (χ0) is 14.1. The molecule has 0 aromatic heterocycles. The van der Waals surface area contributed by atoms with Crippen molar-refractivity contribution < 1.29 is 24.2 Å². The van der Waals surface area contributed by atoms with Crippen molar-refractivity contribution in [2.75, 3.05) is 20.3 Å². The van der Waals surface area contributed by atoms with Gasteiger partial charge in [0.2, 0.25) is 0 Å². The van der Waals surface area contributed by atoms with E-state index in [4.69, 9.17) is 9.84 Å². The summed E-state index contributed by atoms with van der Waals surface area (Å²) in [6.07, 6.45) is 0. The number of rotatable bonds is 7. The van der Waals surface area contributed by atoms with Crippen molar-refractivity contribution in [2.45, 2.75) is 12.6 Å². The topological polar surface area (TPSA) is 84.9 Å². The number of aliphatic hydroxyl groups is 1. The highest BCUT2D eigenvalue weighted by molar-refractivity contribution is 5.77. The molecule has 19 heavy (non-hydrogen) atoms. The van der Waals surface area contributed by atoms with E-state index in [1.54, 1.807) is 0 Å². The molecule has 0 fully saturated rings. The highest BCUT2D eigenvalue weighted by Gasteiger charge is 2.18. The maximum atomic E-state index is 11.4. The lowest BCUT2D eigenvalue weighted by Gasteiger charge is -2.13. The summed E-state index contributed by atoms with van der Waals surface area (Å²) in [5, 5.41) is 11.5. The highest BCUT2D eigenvalue weighted by Crippen LogP contribution is 2.00. The van der Waals surface area contributed by atoms with Gasteiger partial charge in [0.05, 0.1) is 20.3 Å². The van der Waals surface area contributed by atoms with Crippen molar-refractivity contribution in [2.24, 2.45) is 0 Å². The zero-order valence-corrected chi connectivity index (χ0v) is 10.7. The van der Waals surface area contributed by atoms with Crippen LogP contribution in [0.2, 0.25) is 0 Å². The van der Waals surface area contributed by atoms with E-state index in [2.05, 4.69) is 10.1 Å². The molecule has 0 aliphatic rings. The second-order valence-corrected chi connectivity index (χ2v) is 3.79. The molecule has 6 nitrogen and oxygen atoms in total. The molecule has 0 amide bonds. The molecule has 0 saturated heterocycles. The molecule has 0 saturated carbocycles. The first-order valence-electron chi connectivity index (χ1n) is 5.79. The van der Waals surface area contributed by atoms with Gasteiger partial charge in [-0.25, -0.2) is 0 Å². The highest BCUT2D eigenvalue weighted by atomic mass is 16.5. The summed E-state index contributed by atoms with van der Waals surface area (Å²) in [5.74, 6) is -1.13. The summed E-state index contributed by atoms with van der Waals surface area (Å²) >= 11 is 0. The lowest BCUT2D eigenvalue weighted by molar-refractivity contribution is -0.146. The maximum Gasteiger partial charge on any atom is 0.325 e. The van der Waals surface area contributed by atoms with Gasteiger partial charge in [-0.2, -0.15) is 0 Å². The number of ether oxygens (including phenoxy) is 2. The van der Waals surface area contributed by atoms with E-state index < -0.39 is 24.6 Å². The van der Waals surface area contributed by atoms with Gasteiger partial charge < -0.3 is 14.6 Å². The van der Waals surface area contributed by atoms with E-state index in [1.165, 1.54) is 7.11 Å². The summed E-state index contributed by atoms with van der Waals surface area (Å²) in [7, 11) is 1.21. The predicted octanol–water partition coefficient (Wildman–Crippen LogP) is -0.147. The minimum Gasteiger partial charge on any atom is -0.468 e. The standard InChI is InChI=1S/C13H17NO5/c1-18-13(17)11(8-15)14-7-12(16)19-9-10-5-3-2-4-6-10/h2-6,11,14-15H,7-9H2,1H3/t11-/m0/s1. The van der Waals surface area contributed by atoms with E-state index in [-0.39, 0.29) is 13.2 Å². The van der Waals surface area contributed by atoms with Crippen LogP contribution in [0.3, 0.4) is 0 Å². The minimum absolute atomic E-state index is 0.170. The third kappa shape index (κ3) is 5.50. The number of methoxy groups -OCH3 is 1. The van der Waals surface area contributed by atoms with Crippen LogP contribution >= 0.6 is 0 Å². The molecule has 1 atom stereocenters. The van der Waals surface area contributed by atoms with Crippen LogP contribution in [0.1, 0.15) is 5.56 Å². The van der Waals surface area contributed by atoms with Gasteiger partial charge >= 0.3 is 11.9 Å². The van der Waals surface area contributed by atoms with Crippen molar-refractivity contribution in [3.8, 4) is 0 Å². The normalized spacial score (nSPS) is 11.7. The van der Waals surface area contributed by atoms with Gasteiger partial charge in [0.1, 0.15) is 12.6 Å². The van der Waals surface area contributed by atoms with E-state index >= 15 is 0 Å². The Morgan fingerprint density at radius 3 is 2.58 bits per heavy atom. The van der Waals surface area contributed by atoms with E-state index in [0.717, 1.165) is 5.56 Å². The summed E-state index contributed by atoms with van der Waals surface area (Å²) in [4.78, 5) is 22.6. The quantitative estimate of drug-likeness (QED) is 0.669. The van der Waals surface area contributed by atoms with Crippen molar-refractivity contribution >= 4 is 11.9 Å². The molecule has 0 radical (unpaired) electrons. The molecule has 1 aromatic rings. The number of carbonyl (C=O) groups excluding carboxylic acids is 2. The molecule has 0 heterocycles. The van der Waals surface area contributed by atoms with Gasteiger partial charge in [-0.05, 0) is 5.56 Å². The molecule has 0 aliphatic carbocycles. The summed E-state index contributed by atoms with van der Waals surface area (Å²) in [6.45, 7) is -0.449. The molecule has 0 aliphatic heterocycles. The largest absolute Gasteiger partial charge is 0.468 e. The molecule has 104 valence electrons. The fourth-order valence-corrected chi connectivity index (χ4v) is 1.36. The fourth-order valence-electron chi connectivity index (χ4n) is 1.36. The first-order chi connectivity index (χ1) is 9.17. The first kappa shape index (κ1) is 15.1.